The van der Waals surface area contributed by atoms with Crippen LogP contribution in [0.15, 0.2) is 48.5 Å². The van der Waals surface area contributed by atoms with Gasteiger partial charge in [-0.25, -0.2) is 0 Å². The summed E-state index contributed by atoms with van der Waals surface area (Å²) in [7, 11) is 1.65. The van der Waals surface area contributed by atoms with Crippen LogP contribution in [0, 0.1) is 0 Å². The van der Waals surface area contributed by atoms with Gasteiger partial charge in [0.2, 0.25) is 0 Å². The second-order valence-corrected chi connectivity index (χ2v) is 5.41. The Hall–Kier alpha value is -2.37. The number of nitrogens with one attached hydrogen (secondary N) is 1. The lowest BCUT2D eigenvalue weighted by Crippen LogP contribution is -2.25. The molecule has 0 bridgehead atoms. The predicted octanol–water partition coefficient (Wildman–Crippen LogP) is 2.49. The van der Waals surface area contributed by atoms with Crippen molar-refractivity contribution >= 4 is 5.91 Å². The normalized spacial score (nSPS) is 10.4. The molecular weight excluding hydrogens is 304 g/mol. The SMILES string of the molecule is COc1ccc(COCCCNC(=O)c2ccc(CN)cc2)cc1. The molecule has 0 saturated heterocycles. The molecule has 0 aliphatic rings. The largest absolute Gasteiger partial charge is 0.497 e. The third-order valence-electron chi connectivity index (χ3n) is 3.63. The van der Waals surface area contributed by atoms with Crippen LogP contribution < -0.4 is 15.8 Å². The average molecular weight is 328 g/mol. The fraction of sp³-hybridized carbons (Fsp3) is 0.316. The van der Waals surface area contributed by atoms with E-state index >= 15 is 0 Å². The number of hydrogen-bond donors (Lipinski definition) is 2. The van der Waals surface area contributed by atoms with Gasteiger partial charge < -0.3 is 20.5 Å². The number of amides is 1. The zero-order valence-electron chi connectivity index (χ0n) is 14.0. The minimum Gasteiger partial charge on any atom is -0.497 e. The van der Waals surface area contributed by atoms with Crippen LogP contribution in [0.2, 0.25) is 0 Å². The summed E-state index contributed by atoms with van der Waals surface area (Å²) in [5.74, 6) is 0.759. The number of nitrogens with two attached hydrogens (primary N) is 1. The van der Waals surface area contributed by atoms with Gasteiger partial charge in [0.15, 0.2) is 0 Å². The van der Waals surface area contributed by atoms with Crippen LogP contribution in [0.5, 0.6) is 5.75 Å². The lowest BCUT2D eigenvalue weighted by atomic mass is 10.1. The fourth-order valence-corrected chi connectivity index (χ4v) is 2.18. The maximum atomic E-state index is 12.0. The number of carbonyl (C=O) groups is 1. The number of methoxy groups -OCH3 is 1. The molecule has 0 aromatic heterocycles. The third kappa shape index (κ3) is 5.68. The van der Waals surface area contributed by atoms with Gasteiger partial charge in [0.05, 0.1) is 13.7 Å². The van der Waals surface area contributed by atoms with Crippen LogP contribution in [0.3, 0.4) is 0 Å². The highest BCUT2D eigenvalue weighted by molar-refractivity contribution is 5.94. The Morgan fingerprint density at radius 1 is 1.04 bits per heavy atom. The molecule has 2 rings (SSSR count). The van der Waals surface area contributed by atoms with Crippen LogP contribution in [0.25, 0.3) is 0 Å². The van der Waals surface area contributed by atoms with E-state index in [0.717, 1.165) is 23.3 Å². The van der Waals surface area contributed by atoms with Crippen LogP contribution in [0.1, 0.15) is 27.9 Å². The van der Waals surface area contributed by atoms with Crippen molar-refractivity contribution in [3.8, 4) is 5.75 Å². The van der Waals surface area contributed by atoms with Crippen LogP contribution in [0.4, 0.5) is 0 Å². The minimum atomic E-state index is -0.0753. The van der Waals surface area contributed by atoms with Gasteiger partial charge in [-0.2, -0.15) is 0 Å². The summed E-state index contributed by atoms with van der Waals surface area (Å²) in [4.78, 5) is 12.0. The van der Waals surface area contributed by atoms with E-state index in [1.807, 2.05) is 36.4 Å². The first-order valence-electron chi connectivity index (χ1n) is 8.01. The van der Waals surface area contributed by atoms with Gasteiger partial charge >= 0.3 is 0 Å². The highest BCUT2D eigenvalue weighted by atomic mass is 16.5. The Balaban J connectivity index is 1.60. The summed E-state index contributed by atoms with van der Waals surface area (Å²) in [5.41, 5.74) is 8.29. The van der Waals surface area contributed by atoms with Crippen LogP contribution >= 0.6 is 0 Å². The first-order valence-corrected chi connectivity index (χ1v) is 8.01. The van der Waals surface area contributed by atoms with E-state index in [9.17, 15) is 4.79 Å². The van der Waals surface area contributed by atoms with Gasteiger partial charge in [-0.05, 0) is 41.8 Å². The van der Waals surface area contributed by atoms with Crippen LogP contribution in [-0.2, 0) is 17.9 Å². The summed E-state index contributed by atoms with van der Waals surface area (Å²) < 4.78 is 10.7. The maximum Gasteiger partial charge on any atom is 0.251 e. The topological polar surface area (TPSA) is 73.6 Å². The van der Waals surface area contributed by atoms with Crippen LogP contribution in [-0.4, -0.2) is 26.2 Å². The minimum absolute atomic E-state index is 0.0753. The summed E-state index contributed by atoms with van der Waals surface area (Å²) in [6.45, 7) is 2.21. The van der Waals surface area contributed by atoms with Crippen molar-refractivity contribution in [2.45, 2.75) is 19.6 Å². The Labute approximate surface area is 142 Å². The molecule has 0 atom stereocenters. The number of ether oxygens (including phenoxy) is 2. The van der Waals surface area contributed by atoms with Crippen molar-refractivity contribution < 1.29 is 14.3 Å². The van der Waals surface area contributed by atoms with Crippen molar-refractivity contribution in [3.63, 3.8) is 0 Å². The monoisotopic (exact) mass is 328 g/mol. The second kappa shape index (κ2) is 9.70. The molecule has 0 spiro atoms. The standard InChI is InChI=1S/C19H24N2O3/c1-23-18-9-5-16(6-10-18)14-24-12-2-11-21-19(22)17-7-3-15(13-20)4-8-17/h3-10H,2,11-14,20H2,1H3,(H,21,22). The van der Waals surface area contributed by atoms with E-state index in [-0.39, 0.29) is 5.91 Å². The molecule has 0 aliphatic carbocycles. The van der Waals surface area contributed by atoms with E-state index in [1.165, 1.54) is 0 Å². The Kier molecular flexibility index (Phi) is 7.26. The molecule has 1 amide bonds. The molecule has 0 aliphatic heterocycles. The molecule has 0 heterocycles. The predicted molar refractivity (Wildman–Crippen MR) is 93.9 cm³/mol. The van der Waals surface area contributed by atoms with E-state index in [0.29, 0.717) is 31.9 Å². The molecule has 2 aromatic carbocycles. The van der Waals surface area contributed by atoms with E-state index in [1.54, 1.807) is 19.2 Å². The van der Waals surface area contributed by atoms with E-state index in [2.05, 4.69) is 5.32 Å². The van der Waals surface area contributed by atoms with Crippen molar-refractivity contribution in [3.05, 3.63) is 65.2 Å². The molecule has 0 fully saturated rings. The molecule has 5 heteroatoms. The molecule has 24 heavy (non-hydrogen) atoms. The fourth-order valence-electron chi connectivity index (χ4n) is 2.18. The molecule has 2 aromatic rings. The first kappa shape index (κ1) is 18.0. The first-order chi connectivity index (χ1) is 11.7. The van der Waals surface area contributed by atoms with Gasteiger partial charge in [0.25, 0.3) is 5.91 Å². The average Bonchev–Trinajstić information content (AvgIpc) is 2.65. The summed E-state index contributed by atoms with van der Waals surface area (Å²) in [6, 6.07) is 15.1. The van der Waals surface area contributed by atoms with E-state index in [4.69, 9.17) is 15.2 Å². The Morgan fingerprint density at radius 2 is 1.71 bits per heavy atom. The lowest BCUT2D eigenvalue weighted by molar-refractivity contribution is 0.0934. The number of benzene rings is 2. The molecule has 128 valence electrons. The van der Waals surface area contributed by atoms with Gasteiger partial charge in [0.1, 0.15) is 5.75 Å². The maximum absolute atomic E-state index is 12.0. The molecule has 0 saturated carbocycles. The number of hydrogen-bond acceptors (Lipinski definition) is 4. The lowest BCUT2D eigenvalue weighted by Gasteiger charge is -2.07. The second-order valence-electron chi connectivity index (χ2n) is 5.41. The van der Waals surface area contributed by atoms with Crippen molar-refractivity contribution in [2.75, 3.05) is 20.3 Å². The van der Waals surface area contributed by atoms with Crippen molar-refractivity contribution in [2.24, 2.45) is 5.73 Å². The van der Waals surface area contributed by atoms with Gasteiger partial charge in [-0.3, -0.25) is 4.79 Å². The number of carbonyl (C=O) groups excluding carboxylic acids is 1. The van der Waals surface area contributed by atoms with Crippen molar-refractivity contribution in [1.82, 2.24) is 5.32 Å². The van der Waals surface area contributed by atoms with Crippen molar-refractivity contribution in [1.29, 1.82) is 0 Å². The molecular formula is C19H24N2O3. The van der Waals surface area contributed by atoms with Gasteiger partial charge in [-0.1, -0.05) is 24.3 Å². The zero-order chi connectivity index (χ0) is 17.2. The highest BCUT2D eigenvalue weighted by Crippen LogP contribution is 2.11. The summed E-state index contributed by atoms with van der Waals surface area (Å²) in [5, 5.41) is 2.88. The molecule has 5 nitrogen and oxygen atoms in total. The van der Waals surface area contributed by atoms with E-state index < -0.39 is 0 Å². The highest BCUT2D eigenvalue weighted by Gasteiger charge is 2.04. The summed E-state index contributed by atoms with van der Waals surface area (Å²) >= 11 is 0. The zero-order valence-corrected chi connectivity index (χ0v) is 14.0. The van der Waals surface area contributed by atoms with Gasteiger partial charge in [0, 0.05) is 25.3 Å². The molecule has 3 N–H and O–H groups in total. The number of rotatable bonds is 9. The molecule has 0 unspecified atom stereocenters. The smallest absolute Gasteiger partial charge is 0.251 e. The Bertz CT molecular complexity index is 624. The van der Waals surface area contributed by atoms with Gasteiger partial charge in [-0.15, -0.1) is 0 Å². The summed E-state index contributed by atoms with van der Waals surface area (Å²) in [6.07, 6.45) is 0.767. The Morgan fingerprint density at radius 3 is 2.33 bits per heavy atom. The quantitative estimate of drug-likeness (QED) is 0.694. The third-order valence-corrected chi connectivity index (χ3v) is 3.63. The molecule has 0 radical (unpaired) electrons.